The zero-order valence-corrected chi connectivity index (χ0v) is 6.54. The Kier molecular flexibility index (Phi) is 1.41. The highest BCUT2D eigenvalue weighted by atomic mass is 16.6. The first-order valence-corrected chi connectivity index (χ1v) is 3.95. The lowest BCUT2D eigenvalue weighted by molar-refractivity contribution is 0.00687. The standard InChI is InChI=1S/C8H11NO2/c1-6-5-10-3-2-8(6)7(4-9)11-8/h6-7H,2-3,5H2,1H3. The van der Waals surface area contributed by atoms with Gasteiger partial charge in [0.1, 0.15) is 5.60 Å². The Morgan fingerprint density at radius 3 is 3.00 bits per heavy atom. The van der Waals surface area contributed by atoms with Gasteiger partial charge in [-0.25, -0.2) is 0 Å². The second-order valence-electron chi connectivity index (χ2n) is 3.31. The van der Waals surface area contributed by atoms with Crippen LogP contribution in [0.2, 0.25) is 0 Å². The van der Waals surface area contributed by atoms with Crippen LogP contribution in [0.25, 0.3) is 0 Å². The molecule has 0 saturated carbocycles. The number of hydrogen-bond acceptors (Lipinski definition) is 3. The van der Waals surface area contributed by atoms with Gasteiger partial charge in [-0.2, -0.15) is 5.26 Å². The molecule has 2 aliphatic rings. The zero-order valence-electron chi connectivity index (χ0n) is 6.54. The smallest absolute Gasteiger partial charge is 0.174 e. The van der Waals surface area contributed by atoms with Crippen molar-refractivity contribution in [3.8, 4) is 6.07 Å². The van der Waals surface area contributed by atoms with Crippen molar-refractivity contribution in [2.75, 3.05) is 13.2 Å². The summed E-state index contributed by atoms with van der Waals surface area (Å²) in [5.41, 5.74) is -0.132. The second-order valence-corrected chi connectivity index (χ2v) is 3.31. The SMILES string of the molecule is CC1COCCC12OC2C#N. The summed E-state index contributed by atoms with van der Waals surface area (Å²) in [5.74, 6) is 0.376. The molecule has 1 spiro atoms. The topological polar surface area (TPSA) is 45.5 Å². The summed E-state index contributed by atoms with van der Waals surface area (Å²) in [6.07, 6.45) is 0.716. The average molecular weight is 153 g/mol. The van der Waals surface area contributed by atoms with Gasteiger partial charge in [0, 0.05) is 18.9 Å². The van der Waals surface area contributed by atoms with Crippen LogP contribution in [0.3, 0.4) is 0 Å². The molecule has 2 rings (SSSR count). The van der Waals surface area contributed by atoms with E-state index in [-0.39, 0.29) is 11.7 Å². The highest BCUT2D eigenvalue weighted by Crippen LogP contribution is 2.47. The third kappa shape index (κ3) is 0.867. The van der Waals surface area contributed by atoms with Crippen molar-refractivity contribution in [1.29, 1.82) is 5.26 Å². The molecule has 0 N–H and O–H groups in total. The normalized spacial score (nSPS) is 48.7. The van der Waals surface area contributed by atoms with Crippen LogP contribution in [0.1, 0.15) is 13.3 Å². The Morgan fingerprint density at radius 1 is 1.64 bits per heavy atom. The summed E-state index contributed by atoms with van der Waals surface area (Å²) >= 11 is 0. The molecule has 60 valence electrons. The van der Waals surface area contributed by atoms with E-state index in [0.29, 0.717) is 5.92 Å². The summed E-state index contributed by atoms with van der Waals surface area (Å²) in [4.78, 5) is 0. The number of nitrogens with zero attached hydrogens (tertiary/aromatic N) is 1. The lowest BCUT2D eigenvalue weighted by Crippen LogP contribution is -2.34. The molecule has 3 atom stereocenters. The van der Waals surface area contributed by atoms with Crippen LogP contribution in [0.15, 0.2) is 0 Å². The van der Waals surface area contributed by atoms with Crippen LogP contribution in [0, 0.1) is 17.2 Å². The number of epoxide rings is 1. The Morgan fingerprint density at radius 2 is 2.45 bits per heavy atom. The molecule has 3 unspecified atom stereocenters. The van der Waals surface area contributed by atoms with Gasteiger partial charge in [-0.05, 0) is 0 Å². The Hall–Kier alpha value is -0.590. The molecule has 0 aromatic heterocycles. The molecule has 0 amide bonds. The van der Waals surface area contributed by atoms with E-state index >= 15 is 0 Å². The molecule has 0 aliphatic carbocycles. The maximum absolute atomic E-state index is 8.63. The fraction of sp³-hybridized carbons (Fsp3) is 0.875. The van der Waals surface area contributed by atoms with E-state index in [0.717, 1.165) is 19.6 Å². The third-order valence-corrected chi connectivity index (χ3v) is 2.68. The summed E-state index contributed by atoms with van der Waals surface area (Å²) in [6.45, 7) is 3.55. The number of nitriles is 1. The summed E-state index contributed by atoms with van der Waals surface area (Å²) < 4.78 is 10.6. The highest BCUT2D eigenvalue weighted by molar-refractivity contribution is 5.16. The molecule has 0 radical (unpaired) electrons. The van der Waals surface area contributed by atoms with E-state index in [9.17, 15) is 0 Å². The van der Waals surface area contributed by atoms with Crippen molar-refractivity contribution in [2.24, 2.45) is 5.92 Å². The molecular weight excluding hydrogens is 142 g/mol. The van der Waals surface area contributed by atoms with Gasteiger partial charge in [0.15, 0.2) is 6.10 Å². The maximum Gasteiger partial charge on any atom is 0.174 e. The molecule has 2 saturated heterocycles. The number of ether oxygens (including phenoxy) is 2. The molecule has 0 bridgehead atoms. The first-order chi connectivity index (χ1) is 5.29. The maximum atomic E-state index is 8.63. The molecule has 3 nitrogen and oxygen atoms in total. The molecule has 3 heteroatoms. The van der Waals surface area contributed by atoms with Gasteiger partial charge in [-0.15, -0.1) is 0 Å². The largest absolute Gasteiger partial charge is 0.381 e. The average Bonchev–Trinajstić information content (AvgIpc) is 2.72. The van der Waals surface area contributed by atoms with Gasteiger partial charge >= 0.3 is 0 Å². The quantitative estimate of drug-likeness (QED) is 0.481. The molecular formula is C8H11NO2. The molecule has 2 fully saturated rings. The van der Waals surface area contributed by atoms with Crippen LogP contribution in [-0.4, -0.2) is 24.9 Å². The fourth-order valence-electron chi connectivity index (χ4n) is 1.76. The van der Waals surface area contributed by atoms with Crippen molar-refractivity contribution in [1.82, 2.24) is 0 Å². The van der Waals surface area contributed by atoms with E-state index in [2.05, 4.69) is 13.0 Å². The lowest BCUT2D eigenvalue weighted by Gasteiger charge is -2.25. The van der Waals surface area contributed by atoms with Gasteiger partial charge in [-0.3, -0.25) is 0 Å². The highest BCUT2D eigenvalue weighted by Gasteiger charge is 2.61. The predicted octanol–water partition coefficient (Wildman–Crippen LogP) is 0.704. The number of rotatable bonds is 0. The second kappa shape index (κ2) is 2.20. The minimum absolute atomic E-state index is 0.132. The monoisotopic (exact) mass is 153 g/mol. The Balaban J connectivity index is 2.08. The van der Waals surface area contributed by atoms with E-state index < -0.39 is 0 Å². The lowest BCUT2D eigenvalue weighted by atomic mass is 9.87. The van der Waals surface area contributed by atoms with E-state index in [1.807, 2.05) is 0 Å². The van der Waals surface area contributed by atoms with Crippen molar-refractivity contribution >= 4 is 0 Å². The van der Waals surface area contributed by atoms with Crippen LogP contribution in [0.5, 0.6) is 0 Å². The van der Waals surface area contributed by atoms with Crippen molar-refractivity contribution in [3.05, 3.63) is 0 Å². The van der Waals surface area contributed by atoms with Crippen LogP contribution >= 0.6 is 0 Å². The van der Waals surface area contributed by atoms with Crippen LogP contribution in [-0.2, 0) is 9.47 Å². The van der Waals surface area contributed by atoms with Gasteiger partial charge in [0.05, 0.1) is 12.7 Å². The van der Waals surface area contributed by atoms with E-state index in [4.69, 9.17) is 14.7 Å². The molecule has 0 aromatic rings. The van der Waals surface area contributed by atoms with E-state index in [1.54, 1.807) is 0 Å². The predicted molar refractivity (Wildman–Crippen MR) is 37.8 cm³/mol. The summed E-state index contributed by atoms with van der Waals surface area (Å²) in [7, 11) is 0. The van der Waals surface area contributed by atoms with Crippen LogP contribution in [0.4, 0.5) is 0 Å². The van der Waals surface area contributed by atoms with Gasteiger partial charge in [0.25, 0.3) is 0 Å². The van der Waals surface area contributed by atoms with Crippen molar-refractivity contribution in [2.45, 2.75) is 25.0 Å². The minimum atomic E-state index is -0.165. The number of hydrogen-bond donors (Lipinski definition) is 0. The summed E-state index contributed by atoms with van der Waals surface area (Å²) in [5, 5.41) is 8.63. The van der Waals surface area contributed by atoms with Gasteiger partial charge in [-0.1, -0.05) is 6.92 Å². The summed E-state index contributed by atoms with van der Waals surface area (Å²) in [6, 6.07) is 2.15. The molecule has 0 aromatic carbocycles. The van der Waals surface area contributed by atoms with Crippen LogP contribution < -0.4 is 0 Å². The first kappa shape index (κ1) is 7.08. The van der Waals surface area contributed by atoms with Crippen molar-refractivity contribution < 1.29 is 9.47 Å². The third-order valence-electron chi connectivity index (χ3n) is 2.68. The molecule has 2 aliphatic heterocycles. The van der Waals surface area contributed by atoms with Gasteiger partial charge in [0.2, 0.25) is 0 Å². The first-order valence-electron chi connectivity index (χ1n) is 3.95. The minimum Gasteiger partial charge on any atom is -0.381 e. The van der Waals surface area contributed by atoms with E-state index in [1.165, 1.54) is 0 Å². The van der Waals surface area contributed by atoms with Crippen molar-refractivity contribution in [3.63, 3.8) is 0 Å². The Bertz CT molecular complexity index is 211. The molecule has 2 heterocycles. The molecule has 11 heavy (non-hydrogen) atoms. The Labute approximate surface area is 65.9 Å². The van der Waals surface area contributed by atoms with Gasteiger partial charge < -0.3 is 9.47 Å². The fourth-order valence-corrected chi connectivity index (χ4v) is 1.76. The zero-order chi connectivity index (χ0) is 7.90.